The number of Topliss-reactive ketones (excluding diaryl/α,β-unsaturated/α-hetero) is 1. The van der Waals surface area contributed by atoms with E-state index in [9.17, 15) is 14.7 Å². The smallest absolute Gasteiger partial charge is 0.296 e. The number of benzene rings is 1. The molecule has 1 atom stereocenters. The van der Waals surface area contributed by atoms with Crippen LogP contribution in [0.3, 0.4) is 0 Å². The average Bonchev–Trinajstić information content (AvgIpc) is 3.47. The first kappa shape index (κ1) is 18.9. The lowest BCUT2D eigenvalue weighted by atomic mass is 9.96. The van der Waals surface area contributed by atoms with Gasteiger partial charge in [-0.1, -0.05) is 29.0 Å². The third kappa shape index (κ3) is 3.00. The minimum absolute atomic E-state index is 0.0333. The Hall–Kier alpha value is -3.07. The Morgan fingerprint density at radius 2 is 1.97 bits per heavy atom. The molecular formula is C21H12ClN3O3S2. The first-order valence-electron chi connectivity index (χ1n) is 8.85. The van der Waals surface area contributed by atoms with Crippen LogP contribution in [0.5, 0.6) is 0 Å². The van der Waals surface area contributed by atoms with Crippen LogP contribution < -0.4 is 4.90 Å². The number of amides is 1. The van der Waals surface area contributed by atoms with Crippen molar-refractivity contribution in [3.63, 3.8) is 0 Å². The van der Waals surface area contributed by atoms with Crippen LogP contribution in [-0.4, -0.2) is 26.8 Å². The van der Waals surface area contributed by atoms with Crippen LogP contribution in [0.15, 0.2) is 71.6 Å². The highest BCUT2D eigenvalue weighted by atomic mass is 35.5. The predicted molar refractivity (Wildman–Crippen MR) is 117 cm³/mol. The van der Waals surface area contributed by atoms with Crippen molar-refractivity contribution >= 4 is 61.3 Å². The third-order valence-electron chi connectivity index (χ3n) is 4.76. The number of thiazole rings is 1. The van der Waals surface area contributed by atoms with Gasteiger partial charge in [0.1, 0.15) is 0 Å². The number of aliphatic hydroxyl groups excluding tert-OH is 1. The molecule has 1 aliphatic rings. The summed E-state index contributed by atoms with van der Waals surface area (Å²) in [6.45, 7) is 0. The van der Waals surface area contributed by atoms with E-state index in [2.05, 4.69) is 9.97 Å². The number of carbonyl (C=O) groups is 2. The van der Waals surface area contributed by atoms with Crippen molar-refractivity contribution in [3.05, 3.63) is 87.0 Å². The number of halogens is 1. The molecule has 1 unspecified atom stereocenters. The van der Waals surface area contributed by atoms with Gasteiger partial charge in [-0.3, -0.25) is 19.5 Å². The maximum Gasteiger partial charge on any atom is 0.296 e. The number of nitrogens with zero attached hydrogens (tertiary/aromatic N) is 3. The number of hydrogen-bond acceptors (Lipinski definition) is 7. The number of thiophene rings is 1. The Balaban J connectivity index is 1.68. The van der Waals surface area contributed by atoms with Gasteiger partial charge in [0.2, 0.25) is 5.78 Å². The highest BCUT2D eigenvalue weighted by molar-refractivity contribution is 7.22. The lowest BCUT2D eigenvalue weighted by Crippen LogP contribution is -2.30. The Labute approximate surface area is 183 Å². The highest BCUT2D eigenvalue weighted by Crippen LogP contribution is 2.44. The minimum atomic E-state index is -0.814. The largest absolute Gasteiger partial charge is 0.503 e. The van der Waals surface area contributed by atoms with Crippen molar-refractivity contribution in [1.29, 1.82) is 0 Å². The normalized spacial score (nSPS) is 16.6. The topological polar surface area (TPSA) is 83.4 Å². The summed E-state index contributed by atoms with van der Waals surface area (Å²) >= 11 is 8.61. The molecule has 0 aliphatic carbocycles. The van der Waals surface area contributed by atoms with Gasteiger partial charge >= 0.3 is 0 Å². The Morgan fingerprint density at radius 1 is 1.17 bits per heavy atom. The van der Waals surface area contributed by atoms with Crippen molar-refractivity contribution in [2.24, 2.45) is 0 Å². The average molecular weight is 454 g/mol. The van der Waals surface area contributed by atoms with Crippen LogP contribution in [0.2, 0.25) is 5.02 Å². The van der Waals surface area contributed by atoms with Crippen LogP contribution >= 0.6 is 34.3 Å². The van der Waals surface area contributed by atoms with Crippen molar-refractivity contribution in [3.8, 4) is 0 Å². The Kier molecular flexibility index (Phi) is 4.62. The summed E-state index contributed by atoms with van der Waals surface area (Å²) in [6.07, 6.45) is 3.16. The second-order valence-electron chi connectivity index (χ2n) is 6.54. The van der Waals surface area contributed by atoms with Gasteiger partial charge in [0.25, 0.3) is 5.91 Å². The quantitative estimate of drug-likeness (QED) is 0.430. The predicted octanol–water partition coefficient (Wildman–Crippen LogP) is 5.19. The molecule has 0 saturated carbocycles. The van der Waals surface area contributed by atoms with Crippen LogP contribution in [0.1, 0.15) is 21.3 Å². The van der Waals surface area contributed by atoms with Crippen molar-refractivity contribution in [1.82, 2.24) is 9.97 Å². The monoisotopic (exact) mass is 453 g/mol. The molecule has 1 aromatic carbocycles. The number of carbonyl (C=O) groups excluding carboxylic acids is 2. The second-order valence-corrected chi connectivity index (χ2v) is 8.93. The van der Waals surface area contributed by atoms with Crippen molar-refractivity contribution in [2.45, 2.75) is 6.04 Å². The molecule has 1 N–H and O–H groups in total. The molecule has 0 spiro atoms. The maximum atomic E-state index is 13.2. The third-order valence-corrected chi connectivity index (χ3v) is 6.89. The van der Waals surface area contributed by atoms with Crippen LogP contribution in [0.4, 0.5) is 5.13 Å². The molecule has 30 heavy (non-hydrogen) atoms. The van der Waals surface area contributed by atoms with Gasteiger partial charge in [0.15, 0.2) is 10.9 Å². The lowest BCUT2D eigenvalue weighted by molar-refractivity contribution is -0.117. The molecular weight excluding hydrogens is 442 g/mol. The Morgan fingerprint density at radius 3 is 2.70 bits per heavy atom. The van der Waals surface area contributed by atoms with Gasteiger partial charge in [0.05, 0.1) is 26.7 Å². The number of anilines is 1. The molecule has 0 fully saturated rings. The van der Waals surface area contributed by atoms with Crippen LogP contribution in [0.25, 0.3) is 10.2 Å². The highest BCUT2D eigenvalue weighted by Gasteiger charge is 2.46. The fourth-order valence-electron chi connectivity index (χ4n) is 3.43. The van der Waals surface area contributed by atoms with Gasteiger partial charge in [-0.05, 0) is 47.3 Å². The second kappa shape index (κ2) is 7.32. The van der Waals surface area contributed by atoms with Gasteiger partial charge < -0.3 is 5.11 Å². The van der Waals surface area contributed by atoms with Gasteiger partial charge in [-0.25, -0.2) is 4.98 Å². The molecule has 148 valence electrons. The van der Waals surface area contributed by atoms with E-state index < -0.39 is 17.7 Å². The summed E-state index contributed by atoms with van der Waals surface area (Å²) in [6, 6.07) is 11.3. The summed E-state index contributed by atoms with van der Waals surface area (Å²) in [5, 5.41) is 13.4. The van der Waals surface area contributed by atoms with E-state index in [1.807, 2.05) is 0 Å². The maximum absolute atomic E-state index is 13.2. The van der Waals surface area contributed by atoms with E-state index in [4.69, 9.17) is 11.6 Å². The molecule has 9 heteroatoms. The Bertz CT molecular complexity index is 1320. The summed E-state index contributed by atoms with van der Waals surface area (Å²) in [4.78, 5) is 36.7. The molecule has 5 rings (SSSR count). The minimum Gasteiger partial charge on any atom is -0.503 e. The van der Waals surface area contributed by atoms with Gasteiger partial charge in [0, 0.05) is 17.4 Å². The molecule has 4 aromatic rings. The van der Waals surface area contributed by atoms with Crippen LogP contribution in [-0.2, 0) is 4.79 Å². The molecule has 3 aromatic heterocycles. The summed E-state index contributed by atoms with van der Waals surface area (Å²) in [7, 11) is 0. The number of ketones is 1. The zero-order chi connectivity index (χ0) is 20.8. The van der Waals surface area contributed by atoms with E-state index in [1.54, 1.807) is 60.2 Å². The van der Waals surface area contributed by atoms with Crippen LogP contribution in [0, 0.1) is 0 Å². The SMILES string of the molecule is O=C(C1=C(O)C(=O)N(c2nc3ccc(Cl)cc3s2)C1c1ccncc1)c1cccs1. The van der Waals surface area contributed by atoms with E-state index in [0.29, 0.717) is 26.1 Å². The fourth-order valence-corrected chi connectivity index (χ4v) is 5.37. The fraction of sp³-hybridized carbons (Fsp3) is 0.0476. The molecule has 1 aliphatic heterocycles. The van der Waals surface area contributed by atoms with E-state index in [-0.39, 0.29) is 11.4 Å². The number of fused-ring (bicyclic) bond motifs is 1. The van der Waals surface area contributed by atoms with E-state index >= 15 is 0 Å². The molecule has 0 radical (unpaired) electrons. The molecule has 4 heterocycles. The van der Waals surface area contributed by atoms with Crippen molar-refractivity contribution < 1.29 is 14.7 Å². The number of aliphatic hydroxyl groups is 1. The summed E-state index contributed by atoms with van der Waals surface area (Å²) in [5.41, 5.74) is 1.36. The van der Waals surface area contributed by atoms with Gasteiger partial charge in [-0.2, -0.15) is 0 Å². The lowest BCUT2D eigenvalue weighted by Gasteiger charge is -2.24. The number of hydrogen-bond donors (Lipinski definition) is 1. The summed E-state index contributed by atoms with van der Waals surface area (Å²) in [5.74, 6) is -1.61. The summed E-state index contributed by atoms with van der Waals surface area (Å²) < 4.78 is 0.802. The molecule has 6 nitrogen and oxygen atoms in total. The molecule has 0 saturated heterocycles. The zero-order valence-electron chi connectivity index (χ0n) is 15.2. The van der Waals surface area contributed by atoms with E-state index in [1.165, 1.54) is 27.6 Å². The first-order valence-corrected chi connectivity index (χ1v) is 10.9. The molecule has 0 bridgehead atoms. The number of pyridine rings is 1. The van der Waals surface area contributed by atoms with E-state index in [0.717, 1.165) is 4.70 Å². The first-order chi connectivity index (χ1) is 14.5. The molecule has 1 amide bonds. The van der Waals surface area contributed by atoms with Gasteiger partial charge in [-0.15, -0.1) is 11.3 Å². The zero-order valence-corrected chi connectivity index (χ0v) is 17.5. The standard InChI is InChI=1S/C21H12ClN3O3S2/c22-12-3-4-13-15(10-12)30-21(24-13)25-17(11-5-7-23-8-6-11)16(19(27)20(25)28)18(26)14-2-1-9-29-14/h1-10,17,27H. The number of aromatic nitrogens is 2. The number of rotatable bonds is 4. The van der Waals surface area contributed by atoms with Crippen molar-refractivity contribution in [2.75, 3.05) is 4.90 Å².